The molecule has 5 nitrogen and oxygen atoms in total. The molecule has 0 saturated carbocycles. The highest BCUT2D eigenvalue weighted by molar-refractivity contribution is 7.91. The zero-order chi connectivity index (χ0) is 13.2. The number of carbonyl (C=O) groups is 1. The van der Waals surface area contributed by atoms with Gasteiger partial charge in [-0.05, 0) is 6.07 Å². The summed E-state index contributed by atoms with van der Waals surface area (Å²) in [6.45, 7) is 0. The number of sulfone groups is 1. The molecule has 0 bridgehead atoms. The van der Waals surface area contributed by atoms with Crippen molar-refractivity contribution in [2.75, 3.05) is 18.6 Å². The van der Waals surface area contributed by atoms with E-state index < -0.39 is 15.9 Å². The standard InChI is InChI=1S/C12H15NO4S/c1-17-11-5-3-2-4-9(11)10-8-18(15,16)7-6-12(14)13-10/h2-5,10H,6-8H2,1H3,(H,13,14). The van der Waals surface area contributed by atoms with Gasteiger partial charge < -0.3 is 10.1 Å². The molecule has 2 rings (SSSR count). The summed E-state index contributed by atoms with van der Waals surface area (Å²) in [5.41, 5.74) is 0.693. The highest BCUT2D eigenvalue weighted by atomic mass is 32.2. The first-order valence-corrected chi connectivity index (χ1v) is 7.47. The van der Waals surface area contributed by atoms with E-state index >= 15 is 0 Å². The van der Waals surface area contributed by atoms with Gasteiger partial charge in [-0.1, -0.05) is 18.2 Å². The van der Waals surface area contributed by atoms with Gasteiger partial charge in [0.25, 0.3) is 0 Å². The van der Waals surface area contributed by atoms with Crippen molar-refractivity contribution < 1.29 is 17.9 Å². The number of benzene rings is 1. The Kier molecular flexibility index (Phi) is 3.56. The summed E-state index contributed by atoms with van der Waals surface area (Å²) in [5, 5.41) is 2.73. The third-order valence-corrected chi connectivity index (χ3v) is 4.58. The van der Waals surface area contributed by atoms with Gasteiger partial charge >= 0.3 is 0 Å². The lowest BCUT2D eigenvalue weighted by molar-refractivity contribution is -0.121. The summed E-state index contributed by atoms with van der Waals surface area (Å²) in [5.74, 6) is 0.163. The van der Waals surface area contributed by atoms with Crippen molar-refractivity contribution in [1.82, 2.24) is 5.32 Å². The van der Waals surface area contributed by atoms with Crippen LogP contribution in [0.3, 0.4) is 0 Å². The quantitative estimate of drug-likeness (QED) is 0.856. The molecular weight excluding hydrogens is 254 g/mol. The van der Waals surface area contributed by atoms with Crippen LogP contribution in [0.1, 0.15) is 18.0 Å². The molecule has 0 aliphatic carbocycles. The van der Waals surface area contributed by atoms with E-state index in [0.717, 1.165) is 0 Å². The Hall–Kier alpha value is -1.56. The Bertz CT molecular complexity index is 553. The normalized spacial score (nSPS) is 22.9. The van der Waals surface area contributed by atoms with Gasteiger partial charge in [-0.25, -0.2) is 8.42 Å². The number of rotatable bonds is 2. The fraction of sp³-hybridized carbons (Fsp3) is 0.417. The molecule has 1 aliphatic heterocycles. The lowest BCUT2D eigenvalue weighted by Crippen LogP contribution is -2.29. The van der Waals surface area contributed by atoms with E-state index in [1.807, 2.05) is 0 Å². The summed E-state index contributed by atoms with van der Waals surface area (Å²) >= 11 is 0. The molecule has 18 heavy (non-hydrogen) atoms. The fourth-order valence-electron chi connectivity index (χ4n) is 2.02. The molecule has 1 unspecified atom stereocenters. The van der Waals surface area contributed by atoms with E-state index in [-0.39, 0.29) is 23.8 Å². The molecule has 1 heterocycles. The molecule has 1 N–H and O–H groups in total. The van der Waals surface area contributed by atoms with E-state index in [0.29, 0.717) is 11.3 Å². The van der Waals surface area contributed by atoms with Crippen molar-refractivity contribution in [3.8, 4) is 5.75 Å². The van der Waals surface area contributed by atoms with E-state index in [2.05, 4.69) is 5.32 Å². The maximum atomic E-state index is 11.8. The predicted molar refractivity (Wildman–Crippen MR) is 67.1 cm³/mol. The predicted octanol–water partition coefficient (Wildman–Crippen LogP) is 0.671. The number of para-hydroxylation sites is 1. The SMILES string of the molecule is COc1ccccc1C1CS(=O)(=O)CCC(=O)N1. The first-order chi connectivity index (χ1) is 8.52. The van der Waals surface area contributed by atoms with Crippen LogP contribution in [0.4, 0.5) is 0 Å². The number of hydrogen-bond donors (Lipinski definition) is 1. The average molecular weight is 269 g/mol. The topological polar surface area (TPSA) is 72.5 Å². The Morgan fingerprint density at radius 3 is 2.78 bits per heavy atom. The summed E-state index contributed by atoms with van der Waals surface area (Å²) < 4.78 is 28.7. The van der Waals surface area contributed by atoms with Gasteiger partial charge in [-0.2, -0.15) is 0 Å². The minimum atomic E-state index is -3.21. The molecule has 1 aliphatic rings. The molecular formula is C12H15NO4S. The fourth-order valence-corrected chi connectivity index (χ4v) is 3.45. The maximum absolute atomic E-state index is 11.8. The number of carbonyl (C=O) groups excluding carboxylic acids is 1. The van der Waals surface area contributed by atoms with Gasteiger partial charge in [0, 0.05) is 12.0 Å². The Morgan fingerprint density at radius 2 is 2.06 bits per heavy atom. The number of hydrogen-bond acceptors (Lipinski definition) is 4. The smallest absolute Gasteiger partial charge is 0.221 e. The maximum Gasteiger partial charge on any atom is 0.221 e. The first-order valence-electron chi connectivity index (χ1n) is 5.64. The van der Waals surface area contributed by atoms with Gasteiger partial charge in [0.2, 0.25) is 5.91 Å². The van der Waals surface area contributed by atoms with Crippen LogP contribution >= 0.6 is 0 Å². The van der Waals surface area contributed by atoms with Crippen LogP contribution in [0.5, 0.6) is 5.75 Å². The van der Waals surface area contributed by atoms with Gasteiger partial charge in [0.1, 0.15) is 5.75 Å². The summed E-state index contributed by atoms with van der Waals surface area (Å²) in [6.07, 6.45) is 0.0218. The van der Waals surface area contributed by atoms with Crippen molar-refractivity contribution in [3.05, 3.63) is 29.8 Å². The molecule has 0 radical (unpaired) electrons. The molecule has 1 atom stereocenters. The molecule has 1 aromatic rings. The van der Waals surface area contributed by atoms with Crippen molar-refractivity contribution >= 4 is 15.7 Å². The molecule has 1 aromatic carbocycles. The van der Waals surface area contributed by atoms with Crippen molar-refractivity contribution in [2.45, 2.75) is 12.5 Å². The van der Waals surface area contributed by atoms with Crippen molar-refractivity contribution in [1.29, 1.82) is 0 Å². The molecule has 98 valence electrons. The molecule has 0 aromatic heterocycles. The van der Waals surface area contributed by atoms with Gasteiger partial charge in [-0.15, -0.1) is 0 Å². The first kappa shape index (κ1) is 12.9. The summed E-state index contributed by atoms with van der Waals surface area (Å²) in [4.78, 5) is 11.5. The lowest BCUT2D eigenvalue weighted by atomic mass is 10.1. The molecule has 1 amide bonds. The van der Waals surface area contributed by atoms with E-state index in [1.165, 1.54) is 7.11 Å². The second kappa shape index (κ2) is 4.97. The van der Waals surface area contributed by atoms with Crippen LogP contribution in [0.15, 0.2) is 24.3 Å². The number of methoxy groups -OCH3 is 1. The molecule has 1 fully saturated rings. The highest BCUT2D eigenvalue weighted by Gasteiger charge is 2.28. The van der Waals surface area contributed by atoms with E-state index in [1.54, 1.807) is 24.3 Å². The number of nitrogens with one attached hydrogen (secondary N) is 1. The van der Waals surface area contributed by atoms with E-state index in [9.17, 15) is 13.2 Å². The van der Waals surface area contributed by atoms with Crippen LogP contribution in [0, 0.1) is 0 Å². The largest absolute Gasteiger partial charge is 0.496 e. The molecule has 1 saturated heterocycles. The van der Waals surface area contributed by atoms with Gasteiger partial charge in [-0.3, -0.25) is 4.79 Å². The van der Waals surface area contributed by atoms with Crippen LogP contribution in [0.2, 0.25) is 0 Å². The van der Waals surface area contributed by atoms with Crippen molar-refractivity contribution in [2.24, 2.45) is 0 Å². The highest BCUT2D eigenvalue weighted by Crippen LogP contribution is 2.27. The lowest BCUT2D eigenvalue weighted by Gasteiger charge is -2.18. The second-order valence-corrected chi connectivity index (χ2v) is 6.46. The third-order valence-electron chi connectivity index (χ3n) is 2.91. The van der Waals surface area contributed by atoms with Gasteiger partial charge in [0.05, 0.1) is 24.7 Å². The minimum Gasteiger partial charge on any atom is -0.496 e. The number of ether oxygens (including phenoxy) is 1. The number of amides is 1. The van der Waals surface area contributed by atoms with E-state index in [4.69, 9.17) is 4.74 Å². The second-order valence-electron chi connectivity index (χ2n) is 4.23. The Morgan fingerprint density at radius 1 is 1.33 bits per heavy atom. The average Bonchev–Trinajstić information content (AvgIpc) is 2.48. The van der Waals surface area contributed by atoms with Crippen LogP contribution in [-0.2, 0) is 14.6 Å². The monoisotopic (exact) mass is 269 g/mol. The van der Waals surface area contributed by atoms with Gasteiger partial charge in [0.15, 0.2) is 9.84 Å². The zero-order valence-electron chi connectivity index (χ0n) is 10.0. The Balaban J connectivity index is 2.38. The minimum absolute atomic E-state index is 0.0218. The molecule has 6 heteroatoms. The summed E-state index contributed by atoms with van der Waals surface area (Å²) in [7, 11) is -1.69. The van der Waals surface area contributed by atoms with Crippen LogP contribution in [-0.4, -0.2) is 32.9 Å². The Labute approximate surface area is 106 Å². The third kappa shape index (κ3) is 2.81. The zero-order valence-corrected chi connectivity index (χ0v) is 10.9. The van der Waals surface area contributed by atoms with Crippen LogP contribution in [0.25, 0.3) is 0 Å². The summed E-state index contributed by atoms with van der Waals surface area (Å²) in [6, 6.07) is 6.57. The molecule has 0 spiro atoms. The van der Waals surface area contributed by atoms with Crippen molar-refractivity contribution in [3.63, 3.8) is 0 Å². The van der Waals surface area contributed by atoms with Crippen LogP contribution < -0.4 is 10.1 Å².